The first-order valence-corrected chi connectivity index (χ1v) is 7.00. The first-order chi connectivity index (χ1) is 11.1. The van der Waals surface area contributed by atoms with E-state index in [1.165, 1.54) is 0 Å². The van der Waals surface area contributed by atoms with Gasteiger partial charge in [-0.1, -0.05) is 0 Å². The molecule has 2 rings (SSSR count). The van der Waals surface area contributed by atoms with E-state index in [1.54, 1.807) is 31.4 Å². The molecule has 23 heavy (non-hydrogen) atoms. The second-order valence-electron chi connectivity index (χ2n) is 4.71. The summed E-state index contributed by atoms with van der Waals surface area (Å²) in [6, 6.07) is 7.00. The lowest BCUT2D eigenvalue weighted by Gasteiger charge is -2.06. The Morgan fingerprint density at radius 1 is 1.22 bits per heavy atom. The maximum atomic E-state index is 11.9. The van der Waals surface area contributed by atoms with Crippen LogP contribution in [0.2, 0.25) is 0 Å². The van der Waals surface area contributed by atoms with Crippen LogP contribution in [0.5, 0.6) is 5.75 Å². The number of aliphatic carboxylic acids is 1. The van der Waals surface area contributed by atoms with Crippen molar-refractivity contribution in [1.82, 2.24) is 15.2 Å². The van der Waals surface area contributed by atoms with Gasteiger partial charge < -0.3 is 19.6 Å². The van der Waals surface area contributed by atoms with Crippen LogP contribution in [0.3, 0.4) is 0 Å². The minimum Gasteiger partial charge on any atom is -0.491 e. The Balaban J connectivity index is 2.08. The van der Waals surface area contributed by atoms with E-state index >= 15 is 0 Å². The van der Waals surface area contributed by atoms with E-state index in [2.05, 4.69) is 15.2 Å². The van der Waals surface area contributed by atoms with Gasteiger partial charge in [0.15, 0.2) is 5.82 Å². The Kier molecular flexibility index (Phi) is 5.81. The van der Waals surface area contributed by atoms with Gasteiger partial charge >= 0.3 is 5.97 Å². The summed E-state index contributed by atoms with van der Waals surface area (Å²) in [7, 11) is 1.60. The number of benzene rings is 1. The largest absolute Gasteiger partial charge is 0.491 e. The van der Waals surface area contributed by atoms with Gasteiger partial charge in [0, 0.05) is 19.1 Å². The van der Waals surface area contributed by atoms with Crippen LogP contribution in [0.25, 0.3) is 11.4 Å². The third-order valence-corrected chi connectivity index (χ3v) is 3.02. The van der Waals surface area contributed by atoms with Crippen LogP contribution in [-0.4, -0.2) is 46.6 Å². The zero-order valence-corrected chi connectivity index (χ0v) is 12.6. The van der Waals surface area contributed by atoms with Crippen LogP contribution in [0.4, 0.5) is 0 Å². The number of H-pyrrole nitrogens is 1. The Hall–Kier alpha value is -2.74. The van der Waals surface area contributed by atoms with E-state index < -0.39 is 11.5 Å². The molecule has 0 aliphatic carbocycles. The van der Waals surface area contributed by atoms with Crippen molar-refractivity contribution in [2.24, 2.45) is 0 Å². The highest BCUT2D eigenvalue weighted by Crippen LogP contribution is 2.18. The summed E-state index contributed by atoms with van der Waals surface area (Å²) in [6.45, 7) is 0.948. The van der Waals surface area contributed by atoms with Gasteiger partial charge in [-0.2, -0.15) is 0 Å². The van der Waals surface area contributed by atoms with E-state index in [1.807, 2.05) is 0 Å². The minimum absolute atomic E-state index is 0.0459. The fraction of sp³-hybridized carbons (Fsp3) is 0.333. The van der Waals surface area contributed by atoms with Crippen molar-refractivity contribution < 1.29 is 19.4 Å². The van der Waals surface area contributed by atoms with Gasteiger partial charge in [0.05, 0.1) is 13.0 Å². The van der Waals surface area contributed by atoms with Crippen LogP contribution in [0.15, 0.2) is 29.1 Å². The van der Waals surface area contributed by atoms with Crippen molar-refractivity contribution in [3.63, 3.8) is 0 Å². The number of hydrogen-bond acceptors (Lipinski definition) is 6. The van der Waals surface area contributed by atoms with Gasteiger partial charge in [-0.15, -0.1) is 10.2 Å². The zero-order valence-electron chi connectivity index (χ0n) is 12.6. The Labute approximate surface area is 132 Å². The van der Waals surface area contributed by atoms with Crippen molar-refractivity contribution in [3.8, 4) is 17.1 Å². The standard InChI is InChI=1S/C15H17N3O5/c1-22-8-9-23-11-4-2-10(3-5-11)14-16-15(21)12(17-18-14)6-7-13(19)20/h2-5H,6-9H2,1H3,(H,19,20)(H,16,18,21). The normalized spacial score (nSPS) is 10.5. The quantitative estimate of drug-likeness (QED) is 0.694. The molecule has 0 unspecified atom stereocenters. The molecule has 0 saturated heterocycles. The number of ether oxygens (including phenoxy) is 2. The molecule has 0 radical (unpaired) electrons. The molecule has 0 amide bonds. The SMILES string of the molecule is COCCOc1ccc(-c2nnc(CCC(=O)O)c(=O)[nH]2)cc1. The number of aromatic amines is 1. The third kappa shape index (κ3) is 4.89. The summed E-state index contributed by atoms with van der Waals surface area (Å²) in [6.07, 6.45) is -0.116. The highest BCUT2D eigenvalue weighted by atomic mass is 16.5. The Bertz CT molecular complexity index is 712. The molecular weight excluding hydrogens is 302 g/mol. The smallest absolute Gasteiger partial charge is 0.303 e. The van der Waals surface area contributed by atoms with E-state index in [-0.39, 0.29) is 18.5 Å². The number of nitrogens with zero attached hydrogens (tertiary/aromatic N) is 2. The van der Waals surface area contributed by atoms with E-state index in [0.717, 1.165) is 0 Å². The lowest BCUT2D eigenvalue weighted by Crippen LogP contribution is -2.18. The number of aromatic nitrogens is 3. The summed E-state index contributed by atoms with van der Waals surface area (Å²) >= 11 is 0. The minimum atomic E-state index is -0.987. The average Bonchev–Trinajstić information content (AvgIpc) is 2.54. The van der Waals surface area contributed by atoms with Crippen LogP contribution in [0, 0.1) is 0 Å². The number of methoxy groups -OCH3 is 1. The molecule has 122 valence electrons. The van der Waals surface area contributed by atoms with Crippen LogP contribution in [-0.2, 0) is 16.0 Å². The fourth-order valence-electron chi connectivity index (χ4n) is 1.83. The number of carboxylic acids is 1. The predicted octanol–water partition coefficient (Wildman–Crippen LogP) is 0.874. The molecule has 2 N–H and O–H groups in total. The van der Waals surface area contributed by atoms with Gasteiger partial charge in [0.1, 0.15) is 18.1 Å². The van der Waals surface area contributed by atoms with Crippen molar-refractivity contribution in [2.75, 3.05) is 20.3 Å². The van der Waals surface area contributed by atoms with Crippen molar-refractivity contribution in [3.05, 3.63) is 40.3 Å². The molecular formula is C15H17N3O5. The first-order valence-electron chi connectivity index (χ1n) is 7.00. The third-order valence-electron chi connectivity index (χ3n) is 3.02. The molecule has 0 bridgehead atoms. The Morgan fingerprint density at radius 2 is 1.96 bits per heavy atom. The second kappa shape index (κ2) is 8.04. The molecule has 2 aromatic rings. The summed E-state index contributed by atoms with van der Waals surface area (Å²) in [4.78, 5) is 25.0. The molecule has 1 aromatic carbocycles. The van der Waals surface area contributed by atoms with Crippen molar-refractivity contribution >= 4 is 5.97 Å². The van der Waals surface area contributed by atoms with E-state index in [0.29, 0.717) is 30.4 Å². The molecule has 0 aliphatic rings. The van der Waals surface area contributed by atoms with Gasteiger partial charge in [0.2, 0.25) is 0 Å². The summed E-state index contributed by atoms with van der Waals surface area (Å²) in [5.74, 6) is 0.0102. The molecule has 0 fully saturated rings. The Morgan fingerprint density at radius 3 is 2.57 bits per heavy atom. The summed E-state index contributed by atoms with van der Waals surface area (Å²) < 4.78 is 10.3. The fourth-order valence-corrected chi connectivity index (χ4v) is 1.83. The van der Waals surface area contributed by atoms with Crippen molar-refractivity contribution in [1.29, 1.82) is 0 Å². The van der Waals surface area contributed by atoms with E-state index in [9.17, 15) is 9.59 Å². The molecule has 8 nitrogen and oxygen atoms in total. The lowest BCUT2D eigenvalue weighted by atomic mass is 10.2. The summed E-state index contributed by atoms with van der Waals surface area (Å²) in [5, 5.41) is 16.4. The topological polar surface area (TPSA) is 114 Å². The maximum absolute atomic E-state index is 11.9. The zero-order chi connectivity index (χ0) is 16.7. The molecule has 0 saturated carbocycles. The van der Waals surface area contributed by atoms with E-state index in [4.69, 9.17) is 14.6 Å². The lowest BCUT2D eigenvalue weighted by molar-refractivity contribution is -0.136. The average molecular weight is 319 g/mol. The predicted molar refractivity (Wildman–Crippen MR) is 81.4 cm³/mol. The van der Waals surface area contributed by atoms with Gasteiger partial charge in [-0.05, 0) is 24.3 Å². The number of carbonyl (C=O) groups is 1. The monoisotopic (exact) mass is 319 g/mol. The molecule has 1 aromatic heterocycles. The van der Waals surface area contributed by atoms with Crippen molar-refractivity contribution in [2.45, 2.75) is 12.8 Å². The first kappa shape index (κ1) is 16.6. The van der Waals surface area contributed by atoms with Crippen LogP contribution < -0.4 is 10.3 Å². The number of nitrogens with one attached hydrogen (secondary N) is 1. The van der Waals surface area contributed by atoms with Crippen LogP contribution >= 0.6 is 0 Å². The van der Waals surface area contributed by atoms with Crippen LogP contribution in [0.1, 0.15) is 12.1 Å². The molecule has 1 heterocycles. The number of aryl methyl sites for hydroxylation is 1. The number of hydrogen-bond donors (Lipinski definition) is 2. The molecule has 0 atom stereocenters. The highest BCUT2D eigenvalue weighted by Gasteiger charge is 2.08. The van der Waals surface area contributed by atoms with Gasteiger partial charge in [-0.25, -0.2) is 0 Å². The highest BCUT2D eigenvalue weighted by molar-refractivity contribution is 5.66. The molecule has 0 aliphatic heterocycles. The van der Waals surface area contributed by atoms with Gasteiger partial charge in [0.25, 0.3) is 5.56 Å². The molecule has 8 heteroatoms. The summed E-state index contributed by atoms with van der Waals surface area (Å²) in [5.41, 5.74) is 0.353. The number of carboxylic acid groups (broad SMARTS) is 1. The second-order valence-corrected chi connectivity index (χ2v) is 4.71. The maximum Gasteiger partial charge on any atom is 0.303 e. The van der Waals surface area contributed by atoms with Gasteiger partial charge in [-0.3, -0.25) is 9.59 Å². The number of rotatable bonds is 8. The molecule has 0 spiro atoms.